The molecule has 0 aliphatic rings. The first-order valence-electron chi connectivity index (χ1n) is 4.41. The van der Waals surface area contributed by atoms with Crippen LogP contribution < -0.4 is 10.3 Å². The predicted molar refractivity (Wildman–Crippen MR) is 65.1 cm³/mol. The number of nitrogens with zero attached hydrogens (tertiary/aromatic N) is 2. The van der Waals surface area contributed by atoms with Crippen LogP contribution in [0.5, 0.6) is 0 Å². The van der Waals surface area contributed by atoms with Gasteiger partial charge in [0.25, 0.3) is 5.96 Å². The highest BCUT2D eigenvalue weighted by Gasteiger charge is 2.11. The highest BCUT2D eigenvalue weighted by Crippen LogP contribution is 2.21. The molecule has 1 aromatic carbocycles. The maximum atomic E-state index is 10.2. The molecular weight excluding hydrogens is 276 g/mol. The summed E-state index contributed by atoms with van der Waals surface area (Å²) in [6.07, 6.45) is 0. The topological polar surface area (TPSA) is 82.3 Å². The third kappa shape index (κ3) is 2.93. The first-order chi connectivity index (χ1) is 7.41. The molecule has 16 heavy (non-hydrogen) atoms. The van der Waals surface area contributed by atoms with Crippen molar-refractivity contribution >= 4 is 27.6 Å². The first kappa shape index (κ1) is 12.4. The van der Waals surface area contributed by atoms with Gasteiger partial charge in [-0.3, -0.25) is 5.41 Å². The number of nitro groups is 1. The Kier molecular flexibility index (Phi) is 3.83. The first-order valence-corrected chi connectivity index (χ1v) is 5.20. The van der Waals surface area contributed by atoms with Gasteiger partial charge in [-0.1, -0.05) is 21.4 Å². The van der Waals surface area contributed by atoms with Gasteiger partial charge in [0, 0.05) is 17.2 Å². The Morgan fingerprint density at radius 1 is 1.62 bits per heavy atom. The molecule has 0 saturated carbocycles. The third-order valence-electron chi connectivity index (χ3n) is 2.06. The van der Waals surface area contributed by atoms with Crippen LogP contribution in [0.25, 0.3) is 0 Å². The van der Waals surface area contributed by atoms with Crippen molar-refractivity contribution in [3.05, 3.63) is 38.3 Å². The molecule has 2 N–H and O–H groups in total. The van der Waals surface area contributed by atoms with Gasteiger partial charge in [0.1, 0.15) is 0 Å². The second kappa shape index (κ2) is 4.93. The van der Waals surface area contributed by atoms with E-state index in [2.05, 4.69) is 15.9 Å². The SMILES string of the molecule is Cc1cc(N(C)C(=N)N[N+](=O)[O-])ccc1Br. The summed E-state index contributed by atoms with van der Waals surface area (Å²) in [4.78, 5) is 11.6. The van der Waals surface area contributed by atoms with Crippen LogP contribution in [0.3, 0.4) is 0 Å². The average molecular weight is 287 g/mol. The fourth-order valence-corrected chi connectivity index (χ4v) is 1.37. The summed E-state index contributed by atoms with van der Waals surface area (Å²) in [5.74, 6) is -0.285. The van der Waals surface area contributed by atoms with E-state index in [4.69, 9.17) is 5.41 Å². The Bertz CT molecular complexity index is 436. The molecule has 0 atom stereocenters. The van der Waals surface area contributed by atoms with Gasteiger partial charge in [-0.2, -0.15) is 0 Å². The van der Waals surface area contributed by atoms with Crippen molar-refractivity contribution in [1.82, 2.24) is 5.43 Å². The van der Waals surface area contributed by atoms with Gasteiger partial charge < -0.3 is 4.90 Å². The molecule has 0 fully saturated rings. The molecule has 0 aliphatic heterocycles. The number of nitrogens with one attached hydrogen (secondary N) is 2. The molecule has 1 aromatic rings. The minimum absolute atomic E-state index is 0.285. The van der Waals surface area contributed by atoms with E-state index in [0.29, 0.717) is 5.69 Å². The van der Waals surface area contributed by atoms with E-state index < -0.39 is 5.03 Å². The zero-order valence-corrected chi connectivity index (χ0v) is 10.4. The van der Waals surface area contributed by atoms with Crippen LogP contribution in [0.1, 0.15) is 5.56 Å². The number of halogens is 1. The Balaban J connectivity index is 2.87. The number of hydrazine groups is 1. The maximum Gasteiger partial charge on any atom is 0.258 e. The van der Waals surface area contributed by atoms with Gasteiger partial charge >= 0.3 is 0 Å². The maximum absolute atomic E-state index is 10.2. The van der Waals surface area contributed by atoms with E-state index >= 15 is 0 Å². The molecule has 0 aliphatic carbocycles. The summed E-state index contributed by atoms with van der Waals surface area (Å²) < 4.78 is 0.957. The summed E-state index contributed by atoms with van der Waals surface area (Å²) in [6, 6.07) is 5.44. The van der Waals surface area contributed by atoms with Crippen molar-refractivity contribution in [1.29, 1.82) is 5.41 Å². The largest absolute Gasteiger partial charge is 0.311 e. The Labute approximate surface area is 101 Å². The van der Waals surface area contributed by atoms with Crippen molar-refractivity contribution in [3.8, 4) is 0 Å². The molecule has 0 saturated heterocycles. The molecular formula is C9H11BrN4O2. The highest BCUT2D eigenvalue weighted by atomic mass is 79.9. The molecule has 0 aromatic heterocycles. The average Bonchev–Trinajstić information content (AvgIpc) is 2.20. The number of guanidine groups is 1. The number of benzene rings is 1. The normalized spacial score (nSPS) is 9.69. The molecule has 86 valence electrons. The van der Waals surface area contributed by atoms with Crippen LogP contribution in [0.4, 0.5) is 5.69 Å². The molecule has 0 amide bonds. The third-order valence-corrected chi connectivity index (χ3v) is 2.95. The number of rotatable bonds is 2. The van der Waals surface area contributed by atoms with Crippen molar-refractivity contribution in [2.45, 2.75) is 6.92 Å². The van der Waals surface area contributed by atoms with Crippen LogP contribution in [-0.2, 0) is 0 Å². The molecule has 6 nitrogen and oxygen atoms in total. The molecule has 0 spiro atoms. The zero-order chi connectivity index (χ0) is 12.3. The van der Waals surface area contributed by atoms with Crippen LogP contribution in [0.15, 0.2) is 22.7 Å². The van der Waals surface area contributed by atoms with Crippen molar-refractivity contribution < 1.29 is 5.03 Å². The second-order valence-corrected chi connectivity index (χ2v) is 4.06. The smallest absolute Gasteiger partial charge is 0.258 e. The van der Waals surface area contributed by atoms with Gasteiger partial charge in [-0.25, -0.2) is 10.1 Å². The van der Waals surface area contributed by atoms with E-state index in [9.17, 15) is 10.1 Å². The van der Waals surface area contributed by atoms with Crippen molar-refractivity contribution in [2.75, 3.05) is 11.9 Å². The van der Waals surface area contributed by atoms with E-state index in [1.807, 2.05) is 19.1 Å². The molecule has 0 unspecified atom stereocenters. The Morgan fingerprint density at radius 2 is 2.25 bits per heavy atom. The van der Waals surface area contributed by atoms with Crippen LogP contribution in [-0.4, -0.2) is 18.0 Å². The predicted octanol–water partition coefficient (Wildman–Crippen LogP) is 1.91. The quantitative estimate of drug-likeness (QED) is 0.377. The summed E-state index contributed by atoms with van der Waals surface area (Å²) >= 11 is 3.36. The molecule has 0 radical (unpaired) electrons. The van der Waals surface area contributed by atoms with Crippen molar-refractivity contribution in [2.24, 2.45) is 0 Å². The van der Waals surface area contributed by atoms with Gasteiger partial charge in [0.2, 0.25) is 0 Å². The lowest BCUT2D eigenvalue weighted by atomic mass is 10.2. The summed E-state index contributed by atoms with van der Waals surface area (Å²) in [6.45, 7) is 1.91. The van der Waals surface area contributed by atoms with E-state index in [1.54, 1.807) is 18.5 Å². The molecule has 1 rings (SSSR count). The fraction of sp³-hybridized carbons (Fsp3) is 0.222. The lowest BCUT2D eigenvalue weighted by Gasteiger charge is -2.18. The monoisotopic (exact) mass is 286 g/mol. The summed E-state index contributed by atoms with van der Waals surface area (Å²) in [7, 11) is 1.58. The van der Waals surface area contributed by atoms with Gasteiger partial charge in [0.15, 0.2) is 5.03 Å². The molecule has 0 bridgehead atoms. The van der Waals surface area contributed by atoms with E-state index in [0.717, 1.165) is 10.0 Å². The van der Waals surface area contributed by atoms with Gasteiger partial charge in [0.05, 0.1) is 0 Å². The fourth-order valence-electron chi connectivity index (χ4n) is 1.13. The van der Waals surface area contributed by atoms with E-state index in [1.165, 1.54) is 4.90 Å². The zero-order valence-electron chi connectivity index (χ0n) is 8.82. The lowest BCUT2D eigenvalue weighted by Crippen LogP contribution is -2.41. The minimum atomic E-state index is -0.759. The van der Waals surface area contributed by atoms with Crippen LogP contribution >= 0.6 is 15.9 Å². The van der Waals surface area contributed by atoms with E-state index in [-0.39, 0.29) is 5.96 Å². The number of aryl methyl sites for hydroxylation is 1. The minimum Gasteiger partial charge on any atom is -0.311 e. The highest BCUT2D eigenvalue weighted by molar-refractivity contribution is 9.10. The van der Waals surface area contributed by atoms with Gasteiger partial charge in [-0.05, 0) is 30.7 Å². The second-order valence-electron chi connectivity index (χ2n) is 3.21. The Hall–Kier alpha value is -1.63. The Morgan fingerprint density at radius 3 is 2.75 bits per heavy atom. The van der Waals surface area contributed by atoms with Crippen LogP contribution in [0, 0.1) is 22.4 Å². The summed E-state index contributed by atoms with van der Waals surface area (Å²) in [5.41, 5.74) is 3.50. The number of hydrogen-bond donors (Lipinski definition) is 2. The molecule has 0 heterocycles. The number of hydrogen-bond acceptors (Lipinski definition) is 3. The van der Waals surface area contributed by atoms with Gasteiger partial charge in [-0.15, -0.1) is 0 Å². The lowest BCUT2D eigenvalue weighted by molar-refractivity contribution is -0.525. The summed E-state index contributed by atoms with van der Waals surface area (Å²) in [5, 5.41) is 16.9. The number of anilines is 1. The standard InChI is InChI=1S/C9H11BrN4O2/c1-6-5-7(3-4-8(6)10)13(2)9(11)12-14(15)16/h3-5H,1-2H3,(H2,11,12). The molecule has 7 heteroatoms. The van der Waals surface area contributed by atoms with Crippen LogP contribution in [0.2, 0.25) is 0 Å². The van der Waals surface area contributed by atoms with Crippen molar-refractivity contribution in [3.63, 3.8) is 0 Å².